The first-order chi connectivity index (χ1) is 14.2. The van der Waals surface area contributed by atoms with E-state index in [1.54, 1.807) is 18.2 Å². The van der Waals surface area contributed by atoms with Crippen LogP contribution in [0.2, 0.25) is 0 Å². The zero-order chi connectivity index (χ0) is 21.7. The minimum absolute atomic E-state index is 0.0372. The molecule has 0 saturated heterocycles. The molecule has 0 fully saturated rings. The third-order valence-electron chi connectivity index (χ3n) is 3.91. The summed E-state index contributed by atoms with van der Waals surface area (Å²) in [4.78, 5) is 27.9. The Morgan fingerprint density at radius 1 is 1.20 bits per heavy atom. The SMILES string of the molecule is CC(OC(=O)c1ccc(OCC(F)(F)F)nc1)C(=O)NCc1ccc2c(c1)OCO2. The van der Waals surface area contributed by atoms with Gasteiger partial charge in [-0.3, -0.25) is 4.79 Å². The molecule has 0 aliphatic carbocycles. The Morgan fingerprint density at radius 3 is 2.67 bits per heavy atom. The Morgan fingerprint density at radius 2 is 1.97 bits per heavy atom. The molecule has 1 amide bonds. The van der Waals surface area contributed by atoms with Crippen LogP contribution < -0.4 is 19.5 Å². The number of carbonyl (C=O) groups excluding carboxylic acids is 2. The Kier molecular flexibility index (Phi) is 6.28. The van der Waals surface area contributed by atoms with Crippen molar-refractivity contribution in [3.05, 3.63) is 47.7 Å². The maximum absolute atomic E-state index is 12.2. The zero-order valence-electron chi connectivity index (χ0n) is 15.7. The number of pyridine rings is 1. The molecular formula is C19H17F3N2O6. The number of hydrogen-bond donors (Lipinski definition) is 1. The van der Waals surface area contributed by atoms with Crippen molar-refractivity contribution < 1.29 is 41.7 Å². The fourth-order valence-electron chi connectivity index (χ4n) is 2.41. The maximum atomic E-state index is 12.2. The van der Waals surface area contributed by atoms with Gasteiger partial charge in [-0.2, -0.15) is 13.2 Å². The number of esters is 1. The lowest BCUT2D eigenvalue weighted by molar-refractivity contribution is -0.154. The number of rotatable bonds is 7. The van der Waals surface area contributed by atoms with E-state index < -0.39 is 30.8 Å². The Hall–Kier alpha value is -3.50. The number of hydrogen-bond acceptors (Lipinski definition) is 7. The summed E-state index contributed by atoms with van der Waals surface area (Å²) in [6.07, 6.45) is -4.60. The minimum Gasteiger partial charge on any atom is -0.468 e. The van der Waals surface area contributed by atoms with Crippen molar-refractivity contribution in [1.82, 2.24) is 10.3 Å². The van der Waals surface area contributed by atoms with Crippen LogP contribution in [0.4, 0.5) is 13.2 Å². The molecule has 1 aromatic heterocycles. The van der Waals surface area contributed by atoms with Crippen molar-refractivity contribution >= 4 is 11.9 Å². The molecule has 1 unspecified atom stereocenters. The molecule has 160 valence electrons. The molecule has 8 nitrogen and oxygen atoms in total. The van der Waals surface area contributed by atoms with Gasteiger partial charge in [-0.1, -0.05) is 6.07 Å². The number of fused-ring (bicyclic) bond motifs is 1. The molecule has 30 heavy (non-hydrogen) atoms. The van der Waals surface area contributed by atoms with E-state index >= 15 is 0 Å². The monoisotopic (exact) mass is 426 g/mol. The second kappa shape index (κ2) is 8.89. The summed E-state index contributed by atoms with van der Waals surface area (Å²) in [5, 5.41) is 2.63. The molecule has 0 saturated carbocycles. The predicted molar refractivity (Wildman–Crippen MR) is 95.1 cm³/mol. The fourth-order valence-corrected chi connectivity index (χ4v) is 2.41. The molecular weight excluding hydrogens is 409 g/mol. The number of amides is 1. The zero-order valence-corrected chi connectivity index (χ0v) is 15.7. The van der Waals surface area contributed by atoms with Gasteiger partial charge in [-0.15, -0.1) is 0 Å². The number of nitrogens with one attached hydrogen (secondary N) is 1. The van der Waals surface area contributed by atoms with Gasteiger partial charge in [0.1, 0.15) is 0 Å². The van der Waals surface area contributed by atoms with E-state index in [9.17, 15) is 22.8 Å². The van der Waals surface area contributed by atoms with Crippen molar-refractivity contribution in [3.8, 4) is 17.4 Å². The van der Waals surface area contributed by atoms with Crippen molar-refractivity contribution in [3.63, 3.8) is 0 Å². The van der Waals surface area contributed by atoms with E-state index in [1.807, 2.05) is 0 Å². The number of halogens is 3. The smallest absolute Gasteiger partial charge is 0.422 e. The van der Waals surface area contributed by atoms with E-state index in [1.165, 1.54) is 13.0 Å². The van der Waals surface area contributed by atoms with Gasteiger partial charge in [-0.05, 0) is 30.7 Å². The second-order valence-corrected chi connectivity index (χ2v) is 6.24. The van der Waals surface area contributed by atoms with Gasteiger partial charge in [0.05, 0.1) is 5.56 Å². The van der Waals surface area contributed by atoms with E-state index in [4.69, 9.17) is 14.2 Å². The molecule has 2 aromatic rings. The van der Waals surface area contributed by atoms with Gasteiger partial charge < -0.3 is 24.3 Å². The first kappa shape index (κ1) is 21.2. The third kappa shape index (κ3) is 5.75. The highest BCUT2D eigenvalue weighted by atomic mass is 19.4. The first-order valence-electron chi connectivity index (χ1n) is 8.74. The molecule has 1 aliphatic rings. The lowest BCUT2D eigenvalue weighted by atomic mass is 10.2. The summed E-state index contributed by atoms with van der Waals surface area (Å²) in [5.41, 5.74) is 0.731. The average molecular weight is 426 g/mol. The van der Waals surface area contributed by atoms with Crippen LogP contribution in [0, 0.1) is 0 Å². The predicted octanol–water partition coefficient (Wildman–Crippen LogP) is 2.61. The lowest BCUT2D eigenvalue weighted by Gasteiger charge is -2.14. The summed E-state index contributed by atoms with van der Waals surface area (Å²) in [7, 11) is 0. The number of carbonyl (C=O) groups is 2. The van der Waals surface area contributed by atoms with Gasteiger partial charge in [0, 0.05) is 18.8 Å². The Balaban J connectivity index is 1.47. The van der Waals surface area contributed by atoms with Gasteiger partial charge >= 0.3 is 12.1 Å². The maximum Gasteiger partial charge on any atom is 0.422 e. The summed E-state index contributed by atoms with van der Waals surface area (Å²) in [6.45, 7) is 0.220. The summed E-state index contributed by atoms with van der Waals surface area (Å²) in [6, 6.07) is 7.51. The normalized spacial score (nSPS) is 13.5. The van der Waals surface area contributed by atoms with Gasteiger partial charge in [0.2, 0.25) is 12.7 Å². The van der Waals surface area contributed by atoms with Crippen LogP contribution in [-0.4, -0.2) is 42.5 Å². The second-order valence-electron chi connectivity index (χ2n) is 6.24. The average Bonchev–Trinajstić information content (AvgIpc) is 3.18. The van der Waals surface area contributed by atoms with E-state index in [2.05, 4.69) is 15.0 Å². The molecule has 11 heteroatoms. The van der Waals surface area contributed by atoms with E-state index in [0.29, 0.717) is 11.5 Å². The Bertz CT molecular complexity index is 917. The molecule has 0 bridgehead atoms. The highest BCUT2D eigenvalue weighted by molar-refractivity contribution is 5.92. The van der Waals surface area contributed by atoms with Gasteiger partial charge in [-0.25, -0.2) is 9.78 Å². The Labute approximate surface area is 168 Å². The van der Waals surface area contributed by atoms with Crippen LogP contribution in [0.15, 0.2) is 36.5 Å². The van der Waals surface area contributed by atoms with Crippen molar-refractivity contribution in [2.75, 3.05) is 13.4 Å². The lowest BCUT2D eigenvalue weighted by Crippen LogP contribution is -2.35. The molecule has 3 rings (SSSR count). The molecule has 0 spiro atoms. The first-order valence-corrected chi connectivity index (χ1v) is 8.74. The molecule has 0 radical (unpaired) electrons. The van der Waals surface area contributed by atoms with Crippen LogP contribution in [0.5, 0.6) is 17.4 Å². The number of benzene rings is 1. The topological polar surface area (TPSA) is 96.0 Å². The molecule has 1 aliphatic heterocycles. The standard InChI is InChI=1S/C19H17F3N2O6/c1-11(17(25)24-7-12-2-4-14-15(6-12)29-10-28-14)30-18(26)13-3-5-16(23-8-13)27-9-19(20,21)22/h2-6,8,11H,7,9-10H2,1H3,(H,24,25). The fraction of sp³-hybridized carbons (Fsp3) is 0.316. The van der Waals surface area contributed by atoms with Crippen molar-refractivity contribution in [1.29, 1.82) is 0 Å². The number of ether oxygens (including phenoxy) is 4. The molecule has 1 aromatic carbocycles. The summed E-state index contributed by atoms with van der Waals surface area (Å²) < 4.78 is 56.3. The quantitative estimate of drug-likeness (QED) is 0.680. The highest BCUT2D eigenvalue weighted by Crippen LogP contribution is 2.32. The van der Waals surface area contributed by atoms with Crippen LogP contribution >= 0.6 is 0 Å². The highest BCUT2D eigenvalue weighted by Gasteiger charge is 2.28. The summed E-state index contributed by atoms with van der Waals surface area (Å²) in [5.74, 6) is -0.472. The van der Waals surface area contributed by atoms with Crippen LogP contribution in [0.1, 0.15) is 22.8 Å². The molecule has 1 atom stereocenters. The molecule has 1 N–H and O–H groups in total. The van der Waals surface area contributed by atoms with Crippen LogP contribution in [0.3, 0.4) is 0 Å². The van der Waals surface area contributed by atoms with E-state index in [-0.39, 0.29) is 24.8 Å². The largest absolute Gasteiger partial charge is 0.468 e. The summed E-state index contributed by atoms with van der Waals surface area (Å²) >= 11 is 0. The van der Waals surface area contributed by atoms with Crippen LogP contribution in [0.25, 0.3) is 0 Å². The minimum atomic E-state index is -4.50. The number of alkyl halides is 3. The van der Waals surface area contributed by atoms with Gasteiger partial charge in [0.25, 0.3) is 5.91 Å². The van der Waals surface area contributed by atoms with Gasteiger partial charge in [0.15, 0.2) is 24.2 Å². The number of aromatic nitrogens is 1. The number of nitrogens with zero attached hydrogens (tertiary/aromatic N) is 1. The van der Waals surface area contributed by atoms with Crippen LogP contribution in [-0.2, 0) is 16.1 Å². The van der Waals surface area contributed by atoms with E-state index in [0.717, 1.165) is 17.8 Å². The molecule has 2 heterocycles. The van der Waals surface area contributed by atoms with Crippen molar-refractivity contribution in [2.24, 2.45) is 0 Å². The van der Waals surface area contributed by atoms with Crippen molar-refractivity contribution in [2.45, 2.75) is 25.7 Å². The third-order valence-corrected chi connectivity index (χ3v) is 3.91.